The normalized spacial score (nSPS) is 15.5. The zero-order valence-corrected chi connectivity index (χ0v) is 15.9. The van der Waals surface area contributed by atoms with Crippen molar-refractivity contribution in [2.24, 2.45) is 0 Å². The molecule has 5 nitrogen and oxygen atoms in total. The van der Waals surface area contributed by atoms with Crippen molar-refractivity contribution < 1.29 is 9.53 Å². The van der Waals surface area contributed by atoms with E-state index in [1.807, 2.05) is 42.3 Å². The zero-order chi connectivity index (χ0) is 19.0. The molecular formula is C21H20ClN3O2. The molecule has 1 N–H and O–H groups in total. The van der Waals surface area contributed by atoms with Gasteiger partial charge in [-0.05, 0) is 48.9 Å². The van der Waals surface area contributed by atoms with Crippen LogP contribution in [0.1, 0.15) is 24.2 Å². The first-order chi connectivity index (χ1) is 13.1. The number of nitrogens with zero attached hydrogens (tertiary/aromatic N) is 2. The second kappa shape index (κ2) is 7.00. The third-order valence-corrected chi connectivity index (χ3v) is 5.17. The predicted octanol–water partition coefficient (Wildman–Crippen LogP) is 5.25. The maximum absolute atomic E-state index is 13.2. The Labute approximate surface area is 163 Å². The average Bonchev–Trinajstić information content (AvgIpc) is 3.11. The molecule has 4 rings (SSSR count). The van der Waals surface area contributed by atoms with Gasteiger partial charge in [-0.3, -0.25) is 0 Å². The smallest absolute Gasteiger partial charge is 0.322 e. The maximum atomic E-state index is 13.2. The van der Waals surface area contributed by atoms with Gasteiger partial charge in [0.2, 0.25) is 0 Å². The highest BCUT2D eigenvalue weighted by atomic mass is 35.5. The van der Waals surface area contributed by atoms with Crippen molar-refractivity contribution in [1.82, 2.24) is 9.47 Å². The Kier molecular flexibility index (Phi) is 4.54. The molecule has 0 spiro atoms. The van der Waals surface area contributed by atoms with Crippen LogP contribution < -0.4 is 10.1 Å². The van der Waals surface area contributed by atoms with Crippen molar-refractivity contribution >= 4 is 23.3 Å². The molecule has 1 aliphatic rings. The first-order valence-electron chi connectivity index (χ1n) is 8.75. The van der Waals surface area contributed by atoms with E-state index in [0.29, 0.717) is 23.0 Å². The van der Waals surface area contributed by atoms with Crippen LogP contribution in [-0.2, 0) is 6.54 Å². The largest absolute Gasteiger partial charge is 0.495 e. The molecule has 0 saturated heterocycles. The number of nitrogens with one attached hydrogen (secondary N) is 1. The summed E-state index contributed by atoms with van der Waals surface area (Å²) in [5.41, 5.74) is 3.80. The van der Waals surface area contributed by atoms with Crippen molar-refractivity contribution in [1.29, 1.82) is 0 Å². The third-order valence-electron chi connectivity index (χ3n) is 4.93. The number of rotatable bonds is 2. The first kappa shape index (κ1) is 17.5. The molecule has 6 heteroatoms. The van der Waals surface area contributed by atoms with Crippen LogP contribution in [0, 0.1) is 0 Å². The minimum atomic E-state index is -0.201. The fourth-order valence-corrected chi connectivity index (χ4v) is 3.70. The van der Waals surface area contributed by atoms with E-state index in [4.69, 9.17) is 16.3 Å². The number of halogens is 1. The fourth-order valence-electron chi connectivity index (χ4n) is 3.53. The highest BCUT2D eigenvalue weighted by molar-refractivity contribution is 6.31. The number of anilines is 1. The number of urea groups is 1. The van der Waals surface area contributed by atoms with Crippen LogP contribution in [-0.4, -0.2) is 22.6 Å². The van der Waals surface area contributed by atoms with Gasteiger partial charge in [0.1, 0.15) is 5.75 Å². The number of para-hydroxylation sites is 1. The first-order valence-corrected chi connectivity index (χ1v) is 9.13. The van der Waals surface area contributed by atoms with Crippen LogP contribution in [0.2, 0.25) is 5.02 Å². The Hall–Kier alpha value is -2.92. The Morgan fingerprint density at radius 2 is 2.00 bits per heavy atom. The molecule has 0 radical (unpaired) electrons. The van der Waals surface area contributed by atoms with Gasteiger partial charge in [0, 0.05) is 16.9 Å². The molecule has 1 aromatic heterocycles. The van der Waals surface area contributed by atoms with Crippen LogP contribution in [0.4, 0.5) is 10.5 Å². The summed E-state index contributed by atoms with van der Waals surface area (Å²) in [7, 11) is 1.57. The van der Waals surface area contributed by atoms with Crippen molar-refractivity contribution in [3.8, 4) is 11.4 Å². The van der Waals surface area contributed by atoms with E-state index in [0.717, 1.165) is 16.9 Å². The molecule has 0 saturated carbocycles. The van der Waals surface area contributed by atoms with Crippen LogP contribution in [0.5, 0.6) is 5.75 Å². The number of hydrogen-bond acceptors (Lipinski definition) is 2. The topological polar surface area (TPSA) is 46.5 Å². The molecule has 0 aliphatic carbocycles. The van der Waals surface area contributed by atoms with Gasteiger partial charge in [-0.2, -0.15) is 0 Å². The number of carbonyl (C=O) groups is 1. The summed E-state index contributed by atoms with van der Waals surface area (Å²) in [5, 5.41) is 3.49. The number of hydrogen-bond donors (Lipinski definition) is 1. The third kappa shape index (κ3) is 3.15. The Morgan fingerprint density at radius 1 is 1.19 bits per heavy atom. The Morgan fingerprint density at radius 3 is 2.81 bits per heavy atom. The monoisotopic (exact) mass is 381 g/mol. The molecule has 1 atom stereocenters. The minimum Gasteiger partial charge on any atom is -0.495 e. The SMILES string of the molecule is COc1ccc(Cl)cc1NC(=O)N1Cc2ccccc2-n2cccc2[C@@H]1C. The van der Waals surface area contributed by atoms with E-state index >= 15 is 0 Å². The van der Waals surface area contributed by atoms with Crippen LogP contribution in [0.15, 0.2) is 60.8 Å². The molecule has 0 fully saturated rings. The van der Waals surface area contributed by atoms with Gasteiger partial charge in [-0.1, -0.05) is 29.8 Å². The lowest BCUT2D eigenvalue weighted by molar-refractivity contribution is 0.189. The van der Waals surface area contributed by atoms with Crippen LogP contribution >= 0.6 is 11.6 Å². The van der Waals surface area contributed by atoms with E-state index < -0.39 is 0 Å². The molecular weight excluding hydrogens is 362 g/mol. The van der Waals surface area contributed by atoms with Gasteiger partial charge < -0.3 is 19.5 Å². The van der Waals surface area contributed by atoms with E-state index in [1.165, 1.54) is 0 Å². The number of benzene rings is 2. The average molecular weight is 382 g/mol. The molecule has 2 heterocycles. The summed E-state index contributed by atoms with van der Waals surface area (Å²) in [4.78, 5) is 15.0. The van der Waals surface area contributed by atoms with Crippen molar-refractivity contribution in [3.05, 3.63) is 77.1 Å². The predicted molar refractivity (Wildman–Crippen MR) is 107 cm³/mol. The van der Waals surface area contributed by atoms with Gasteiger partial charge in [0.25, 0.3) is 0 Å². The molecule has 138 valence electrons. The molecule has 0 bridgehead atoms. The molecule has 27 heavy (non-hydrogen) atoms. The zero-order valence-electron chi connectivity index (χ0n) is 15.1. The number of methoxy groups -OCH3 is 1. The second-order valence-electron chi connectivity index (χ2n) is 6.51. The number of ether oxygens (including phenoxy) is 1. The van der Waals surface area contributed by atoms with E-state index in [-0.39, 0.29) is 12.1 Å². The lowest BCUT2D eigenvalue weighted by atomic mass is 10.1. The van der Waals surface area contributed by atoms with Gasteiger partial charge in [-0.25, -0.2) is 4.79 Å². The number of amides is 2. The molecule has 2 amide bonds. The summed E-state index contributed by atoms with van der Waals surface area (Å²) in [6, 6.07) is 17.1. The lowest BCUT2D eigenvalue weighted by Gasteiger charge is -2.28. The van der Waals surface area contributed by atoms with E-state index in [2.05, 4.69) is 22.0 Å². The number of fused-ring (bicyclic) bond motifs is 3. The van der Waals surface area contributed by atoms with E-state index in [1.54, 1.807) is 25.3 Å². The highest BCUT2D eigenvalue weighted by Crippen LogP contribution is 2.33. The number of carbonyl (C=O) groups excluding carboxylic acids is 1. The standard InChI is InChI=1S/C21H20ClN3O2/c1-14-18-8-5-11-24(18)19-7-4-3-6-15(19)13-25(14)21(26)23-17-12-16(22)9-10-20(17)27-2/h3-12,14H,13H2,1-2H3,(H,23,26)/t14-/m0/s1. The molecule has 0 unspecified atom stereocenters. The minimum absolute atomic E-state index is 0.0995. The summed E-state index contributed by atoms with van der Waals surface area (Å²) >= 11 is 6.09. The fraction of sp³-hybridized carbons (Fsp3) is 0.190. The van der Waals surface area contributed by atoms with Gasteiger partial charge in [-0.15, -0.1) is 0 Å². The van der Waals surface area contributed by atoms with Crippen molar-refractivity contribution in [3.63, 3.8) is 0 Å². The molecule has 1 aliphatic heterocycles. The Bertz CT molecular complexity index is 999. The van der Waals surface area contributed by atoms with Gasteiger partial charge >= 0.3 is 6.03 Å². The molecule has 2 aromatic carbocycles. The van der Waals surface area contributed by atoms with E-state index in [9.17, 15) is 4.79 Å². The number of aromatic nitrogens is 1. The summed E-state index contributed by atoms with van der Waals surface area (Å²) in [6.07, 6.45) is 2.03. The lowest BCUT2D eigenvalue weighted by Crippen LogP contribution is -2.36. The van der Waals surface area contributed by atoms with Crippen LogP contribution in [0.3, 0.4) is 0 Å². The van der Waals surface area contributed by atoms with Crippen molar-refractivity contribution in [2.75, 3.05) is 12.4 Å². The second-order valence-corrected chi connectivity index (χ2v) is 6.95. The van der Waals surface area contributed by atoms with Gasteiger partial charge in [0.05, 0.1) is 31.1 Å². The van der Waals surface area contributed by atoms with Crippen molar-refractivity contribution in [2.45, 2.75) is 19.5 Å². The maximum Gasteiger partial charge on any atom is 0.322 e. The van der Waals surface area contributed by atoms with Crippen LogP contribution in [0.25, 0.3) is 5.69 Å². The Balaban J connectivity index is 1.70. The highest BCUT2D eigenvalue weighted by Gasteiger charge is 2.29. The quantitative estimate of drug-likeness (QED) is 0.659. The summed E-state index contributed by atoms with van der Waals surface area (Å²) in [5.74, 6) is 0.569. The van der Waals surface area contributed by atoms with Gasteiger partial charge in [0.15, 0.2) is 0 Å². The summed E-state index contributed by atoms with van der Waals surface area (Å²) in [6.45, 7) is 2.54. The summed E-state index contributed by atoms with van der Waals surface area (Å²) < 4.78 is 7.49. The molecule has 3 aromatic rings.